The van der Waals surface area contributed by atoms with Gasteiger partial charge in [-0.25, -0.2) is 8.42 Å². The Morgan fingerprint density at radius 2 is 1.90 bits per heavy atom. The smallest absolute Gasteiger partial charge is 0.312 e. The fraction of sp³-hybridized carbons (Fsp3) is 0.500. The molecule has 0 saturated carbocycles. The molecule has 1 fully saturated rings. The molecule has 2 rings (SSSR count). The predicted octanol–water partition coefficient (Wildman–Crippen LogP) is 1.81. The quantitative estimate of drug-likeness (QED) is 0.676. The molecule has 0 atom stereocenters. The molecule has 1 heterocycles. The number of piperidine rings is 1. The molecule has 0 bridgehead atoms. The van der Waals surface area contributed by atoms with Crippen LogP contribution >= 0.6 is 0 Å². The number of nitrogens with one attached hydrogen (secondary N) is 1. The number of nitro groups is 1. The Bertz CT molecular complexity index is 609. The molecule has 1 N–H and O–H groups in total. The van der Waals surface area contributed by atoms with Crippen LogP contribution in [0.3, 0.4) is 0 Å². The molecule has 1 aliphatic heterocycles. The third-order valence-electron chi connectivity index (χ3n) is 3.38. The number of nitrogens with zero attached hydrogens (tertiary/aromatic N) is 2. The lowest BCUT2D eigenvalue weighted by atomic mass is 10.2. The van der Waals surface area contributed by atoms with E-state index >= 15 is 0 Å². The van der Waals surface area contributed by atoms with Gasteiger partial charge >= 0.3 is 5.69 Å². The van der Waals surface area contributed by atoms with E-state index in [0.29, 0.717) is 13.1 Å². The lowest BCUT2D eigenvalue weighted by molar-refractivity contribution is -0.386. The minimum Gasteiger partial charge on any atom is -0.383 e. The van der Waals surface area contributed by atoms with Crippen LogP contribution in [0.15, 0.2) is 23.1 Å². The molecular weight excluding hydrogens is 282 g/mol. The van der Waals surface area contributed by atoms with E-state index in [1.54, 1.807) is 0 Å². The third-order valence-corrected chi connectivity index (χ3v) is 5.31. The molecule has 0 amide bonds. The number of sulfonamides is 1. The average molecular weight is 299 g/mol. The van der Waals surface area contributed by atoms with Crippen LogP contribution in [0.4, 0.5) is 11.4 Å². The molecule has 8 heteroatoms. The summed E-state index contributed by atoms with van der Waals surface area (Å²) in [6.07, 6.45) is 2.57. The highest BCUT2D eigenvalue weighted by atomic mass is 32.2. The fourth-order valence-corrected chi connectivity index (χ4v) is 4.06. The van der Waals surface area contributed by atoms with Crippen LogP contribution < -0.4 is 5.32 Å². The van der Waals surface area contributed by atoms with E-state index in [4.69, 9.17) is 0 Å². The van der Waals surface area contributed by atoms with Crippen molar-refractivity contribution in [3.63, 3.8) is 0 Å². The predicted molar refractivity (Wildman–Crippen MR) is 75.3 cm³/mol. The number of hydrogen-bond donors (Lipinski definition) is 1. The summed E-state index contributed by atoms with van der Waals surface area (Å²) >= 11 is 0. The maximum atomic E-state index is 12.6. The molecule has 0 radical (unpaired) electrons. The summed E-state index contributed by atoms with van der Waals surface area (Å²) in [4.78, 5) is 10.3. The lowest BCUT2D eigenvalue weighted by Gasteiger charge is -2.25. The fourth-order valence-electron chi connectivity index (χ4n) is 2.36. The maximum Gasteiger partial charge on any atom is 0.312 e. The van der Waals surface area contributed by atoms with Gasteiger partial charge in [-0.2, -0.15) is 4.31 Å². The van der Waals surface area contributed by atoms with Gasteiger partial charge in [-0.3, -0.25) is 10.1 Å². The van der Waals surface area contributed by atoms with Gasteiger partial charge in [-0.15, -0.1) is 0 Å². The first kappa shape index (κ1) is 14.7. The van der Waals surface area contributed by atoms with Gasteiger partial charge in [0.25, 0.3) is 0 Å². The van der Waals surface area contributed by atoms with E-state index in [0.717, 1.165) is 19.3 Å². The first-order valence-corrected chi connectivity index (χ1v) is 7.88. The van der Waals surface area contributed by atoms with Crippen LogP contribution in [-0.4, -0.2) is 37.8 Å². The van der Waals surface area contributed by atoms with Crippen molar-refractivity contribution < 1.29 is 13.3 Å². The lowest BCUT2D eigenvalue weighted by Crippen LogP contribution is -2.35. The molecular formula is C12H17N3O4S. The van der Waals surface area contributed by atoms with Crippen LogP contribution in [0.25, 0.3) is 0 Å². The number of rotatable bonds is 4. The minimum absolute atomic E-state index is 0.202. The summed E-state index contributed by atoms with van der Waals surface area (Å²) in [6.45, 7) is 0.840. The van der Waals surface area contributed by atoms with Crippen molar-refractivity contribution >= 4 is 21.4 Å². The molecule has 1 aliphatic rings. The van der Waals surface area contributed by atoms with E-state index in [1.807, 2.05) is 0 Å². The molecule has 110 valence electrons. The van der Waals surface area contributed by atoms with Crippen molar-refractivity contribution in [1.82, 2.24) is 4.31 Å². The molecule has 0 aliphatic carbocycles. The summed E-state index contributed by atoms with van der Waals surface area (Å²) in [5.74, 6) is 0. The van der Waals surface area contributed by atoms with Crippen molar-refractivity contribution in [1.29, 1.82) is 0 Å². The zero-order valence-corrected chi connectivity index (χ0v) is 12.0. The van der Waals surface area contributed by atoms with Gasteiger partial charge in [0.15, 0.2) is 4.90 Å². The molecule has 1 aromatic rings. The van der Waals surface area contributed by atoms with Crippen molar-refractivity contribution in [2.75, 3.05) is 25.5 Å². The topological polar surface area (TPSA) is 92.6 Å². The van der Waals surface area contributed by atoms with Gasteiger partial charge in [0.2, 0.25) is 10.0 Å². The molecule has 7 nitrogen and oxygen atoms in total. The van der Waals surface area contributed by atoms with E-state index in [9.17, 15) is 18.5 Å². The highest BCUT2D eigenvalue weighted by Gasteiger charge is 2.33. The molecule has 0 aromatic heterocycles. The Hall–Kier alpha value is -1.67. The van der Waals surface area contributed by atoms with E-state index in [-0.39, 0.29) is 16.3 Å². The summed E-state index contributed by atoms with van der Waals surface area (Å²) in [7, 11) is -2.29. The molecule has 0 spiro atoms. The second-order valence-corrected chi connectivity index (χ2v) is 6.53. The first-order chi connectivity index (χ1) is 9.48. The monoisotopic (exact) mass is 299 g/mol. The van der Waals surface area contributed by atoms with Crippen LogP contribution in [0.5, 0.6) is 0 Å². The Balaban J connectivity index is 2.53. The van der Waals surface area contributed by atoms with Gasteiger partial charge in [-0.1, -0.05) is 12.5 Å². The Morgan fingerprint density at radius 3 is 2.45 bits per heavy atom. The second-order valence-electron chi connectivity index (χ2n) is 4.62. The zero-order valence-electron chi connectivity index (χ0n) is 11.2. The summed E-state index contributed by atoms with van der Waals surface area (Å²) in [5.41, 5.74) is -0.186. The average Bonchev–Trinajstić information content (AvgIpc) is 2.47. The Labute approximate surface area is 117 Å². The SMILES string of the molecule is CNc1cccc(S(=O)(=O)N2CCCCC2)c1[N+](=O)[O-]. The number of anilines is 1. The van der Waals surface area contributed by atoms with Gasteiger partial charge in [0.1, 0.15) is 5.69 Å². The maximum absolute atomic E-state index is 12.6. The van der Waals surface area contributed by atoms with Crippen LogP contribution in [0.1, 0.15) is 19.3 Å². The third kappa shape index (κ3) is 2.61. The van der Waals surface area contributed by atoms with Crippen LogP contribution in [0.2, 0.25) is 0 Å². The Morgan fingerprint density at radius 1 is 1.25 bits per heavy atom. The van der Waals surface area contributed by atoms with E-state index in [1.165, 1.54) is 29.6 Å². The molecule has 20 heavy (non-hydrogen) atoms. The summed E-state index contributed by atoms with van der Waals surface area (Å²) < 4.78 is 26.5. The van der Waals surface area contributed by atoms with Crippen molar-refractivity contribution in [3.05, 3.63) is 28.3 Å². The first-order valence-electron chi connectivity index (χ1n) is 6.44. The van der Waals surface area contributed by atoms with Gasteiger partial charge in [0, 0.05) is 20.1 Å². The largest absolute Gasteiger partial charge is 0.383 e. The normalized spacial score (nSPS) is 16.9. The molecule has 0 unspecified atom stereocenters. The highest BCUT2D eigenvalue weighted by Crippen LogP contribution is 2.34. The number of para-hydroxylation sites is 1. The standard InChI is InChI=1S/C12H17N3O4S/c1-13-10-6-5-7-11(12(10)15(16)17)20(18,19)14-8-3-2-4-9-14/h5-7,13H,2-4,8-9H2,1H3. The van der Waals surface area contributed by atoms with Crippen molar-refractivity contribution in [3.8, 4) is 0 Å². The van der Waals surface area contributed by atoms with Crippen LogP contribution in [0, 0.1) is 10.1 Å². The Kier molecular flexibility index (Phi) is 4.24. The van der Waals surface area contributed by atoms with E-state index in [2.05, 4.69) is 5.32 Å². The van der Waals surface area contributed by atoms with Gasteiger partial charge in [0.05, 0.1) is 4.92 Å². The summed E-state index contributed by atoms with van der Waals surface area (Å²) in [6, 6.07) is 4.30. The van der Waals surface area contributed by atoms with Crippen LogP contribution in [-0.2, 0) is 10.0 Å². The molecule has 1 aromatic carbocycles. The number of nitro benzene ring substituents is 1. The molecule has 1 saturated heterocycles. The van der Waals surface area contributed by atoms with Crippen molar-refractivity contribution in [2.24, 2.45) is 0 Å². The number of benzene rings is 1. The minimum atomic E-state index is -3.82. The second kappa shape index (κ2) is 5.76. The zero-order chi connectivity index (χ0) is 14.8. The van der Waals surface area contributed by atoms with Crippen molar-refractivity contribution in [2.45, 2.75) is 24.2 Å². The van der Waals surface area contributed by atoms with E-state index < -0.39 is 14.9 Å². The number of hydrogen-bond acceptors (Lipinski definition) is 5. The highest BCUT2D eigenvalue weighted by molar-refractivity contribution is 7.89. The van der Waals surface area contributed by atoms with Gasteiger partial charge in [-0.05, 0) is 25.0 Å². The van der Waals surface area contributed by atoms with Gasteiger partial charge < -0.3 is 5.32 Å². The summed E-state index contributed by atoms with van der Waals surface area (Å²) in [5, 5.41) is 13.9.